The van der Waals surface area contributed by atoms with Crippen LogP contribution in [0.25, 0.3) is 5.57 Å². The third kappa shape index (κ3) is 4.88. The summed E-state index contributed by atoms with van der Waals surface area (Å²) in [5.74, 6) is 2.13. The molecule has 2 N–H and O–H groups in total. The van der Waals surface area contributed by atoms with E-state index in [1.54, 1.807) is 12.1 Å². The van der Waals surface area contributed by atoms with Crippen LogP contribution in [0.4, 0.5) is 0 Å². The first kappa shape index (κ1) is 33.5. The summed E-state index contributed by atoms with van der Waals surface area (Å²) in [6, 6.07) is 7.56. The summed E-state index contributed by atoms with van der Waals surface area (Å²) >= 11 is 0. The predicted molar refractivity (Wildman–Crippen MR) is 187 cm³/mol. The molecule has 0 saturated heterocycles. The van der Waals surface area contributed by atoms with Crippen molar-refractivity contribution in [2.45, 2.75) is 111 Å². The minimum atomic E-state index is -0.870. The van der Waals surface area contributed by atoms with E-state index in [1.165, 1.54) is 48.8 Å². The Morgan fingerprint density at radius 2 is 1.61 bits per heavy atom. The van der Waals surface area contributed by atoms with Crippen molar-refractivity contribution in [3.05, 3.63) is 53.6 Å². The third-order valence-corrected chi connectivity index (χ3v) is 15.3. The van der Waals surface area contributed by atoms with Gasteiger partial charge in [0.1, 0.15) is 0 Å². The highest BCUT2D eigenvalue weighted by molar-refractivity contribution is 5.88. The Morgan fingerprint density at radius 1 is 0.913 bits per heavy atom. The second-order valence-electron chi connectivity index (χ2n) is 17.9. The van der Waals surface area contributed by atoms with Crippen LogP contribution >= 0.6 is 0 Å². The summed E-state index contributed by atoms with van der Waals surface area (Å²) in [6.45, 7) is 20.4. The van der Waals surface area contributed by atoms with Gasteiger partial charge in [-0.3, -0.25) is 4.79 Å². The standard InChI is InChI=1S/C41H60N2O3/c1-26(2)29-16-22-41(42-34(44)19-25-43(8)9)24-23-39(6)31(35(29)41)14-15-33-38(5)20-17-30(27-10-12-28(13-11-27)36(45)46)37(3,4)32(38)18-21-40(33,39)7/h10-13,17,29,31-33,35H,1,14-16,18-25H2,2-9H3,(H,42,44)(H,45,46)/t29-,31+,32?,33?,35?,38-,39+,40+,41-/m0/s1. The molecule has 3 unspecified atom stereocenters. The summed E-state index contributed by atoms with van der Waals surface area (Å²) in [5, 5.41) is 13.2. The molecule has 5 nitrogen and oxygen atoms in total. The molecule has 5 aliphatic carbocycles. The van der Waals surface area contributed by atoms with Gasteiger partial charge in [0.2, 0.25) is 5.91 Å². The van der Waals surface area contributed by atoms with Crippen molar-refractivity contribution in [3.63, 3.8) is 0 Å². The highest BCUT2D eigenvalue weighted by Gasteiger charge is 2.70. The lowest BCUT2D eigenvalue weighted by molar-refractivity contribution is -0.219. The molecule has 0 bridgehead atoms. The number of carboxylic acids is 1. The van der Waals surface area contributed by atoms with Gasteiger partial charge in [-0.15, -0.1) is 0 Å². The number of hydrogen-bond acceptors (Lipinski definition) is 3. The molecule has 1 amide bonds. The Morgan fingerprint density at radius 3 is 2.24 bits per heavy atom. The van der Waals surface area contributed by atoms with Crippen molar-refractivity contribution in [3.8, 4) is 0 Å². The molecular formula is C41H60N2O3. The van der Waals surface area contributed by atoms with E-state index in [9.17, 15) is 14.7 Å². The second-order valence-corrected chi connectivity index (χ2v) is 17.9. The minimum absolute atomic E-state index is 0.00584. The minimum Gasteiger partial charge on any atom is -0.478 e. The van der Waals surface area contributed by atoms with Gasteiger partial charge in [0.15, 0.2) is 0 Å². The molecule has 6 rings (SSSR count). The molecule has 4 saturated carbocycles. The molecule has 4 fully saturated rings. The molecule has 9 atom stereocenters. The zero-order chi connectivity index (χ0) is 33.4. The van der Waals surface area contributed by atoms with Crippen LogP contribution in [0.1, 0.15) is 122 Å². The van der Waals surface area contributed by atoms with Gasteiger partial charge >= 0.3 is 5.97 Å². The fraction of sp³-hybridized carbons (Fsp3) is 0.707. The normalized spacial score (nSPS) is 41.0. The Balaban J connectivity index is 1.32. The fourth-order valence-corrected chi connectivity index (χ4v) is 12.9. The average molecular weight is 629 g/mol. The Kier molecular flexibility index (Phi) is 8.26. The number of benzene rings is 1. The summed E-state index contributed by atoms with van der Waals surface area (Å²) in [5.41, 5.74) is 4.82. The molecule has 0 aromatic heterocycles. The SMILES string of the molecule is C=C(C)[C@@H]1CC[C@]2(NC(=O)CCN(C)C)CC[C@]3(C)[C@H](CCC4[C@@]5(C)CC=C(c6ccc(C(=O)O)cc6)C(C)(C)C5CC[C@]43C)C12. The van der Waals surface area contributed by atoms with Gasteiger partial charge in [-0.1, -0.05) is 65.0 Å². The topological polar surface area (TPSA) is 69.6 Å². The van der Waals surface area contributed by atoms with Gasteiger partial charge in [0, 0.05) is 18.5 Å². The van der Waals surface area contributed by atoms with Crippen LogP contribution in [-0.2, 0) is 4.79 Å². The highest BCUT2D eigenvalue weighted by Crippen LogP contribution is 2.76. The summed E-state index contributed by atoms with van der Waals surface area (Å²) in [4.78, 5) is 27.0. The average Bonchev–Trinajstić information content (AvgIpc) is 3.36. The number of carboxylic acid groups (broad SMARTS) is 1. The fourth-order valence-electron chi connectivity index (χ4n) is 12.9. The van der Waals surface area contributed by atoms with E-state index in [2.05, 4.69) is 64.4 Å². The van der Waals surface area contributed by atoms with Crippen molar-refractivity contribution >= 4 is 17.4 Å². The predicted octanol–water partition coefficient (Wildman–Crippen LogP) is 8.86. The van der Waals surface area contributed by atoms with Crippen molar-refractivity contribution in [2.24, 2.45) is 51.2 Å². The molecule has 252 valence electrons. The summed E-state index contributed by atoms with van der Waals surface area (Å²) in [7, 11) is 4.09. The van der Waals surface area contributed by atoms with E-state index in [0.717, 1.165) is 32.2 Å². The number of amides is 1. The number of allylic oxidation sites excluding steroid dienone is 3. The van der Waals surface area contributed by atoms with Gasteiger partial charge in [-0.2, -0.15) is 0 Å². The maximum absolute atomic E-state index is 13.4. The van der Waals surface area contributed by atoms with Gasteiger partial charge in [-0.25, -0.2) is 4.79 Å². The van der Waals surface area contributed by atoms with E-state index in [1.807, 2.05) is 26.2 Å². The van der Waals surface area contributed by atoms with Crippen LogP contribution < -0.4 is 5.32 Å². The van der Waals surface area contributed by atoms with E-state index in [-0.39, 0.29) is 33.1 Å². The Hall–Kier alpha value is -2.40. The second kappa shape index (κ2) is 11.3. The Bertz CT molecular complexity index is 1430. The molecule has 0 spiro atoms. The number of nitrogens with one attached hydrogen (secondary N) is 1. The lowest BCUT2D eigenvalue weighted by Crippen LogP contribution is -2.68. The van der Waals surface area contributed by atoms with Gasteiger partial charge < -0.3 is 15.3 Å². The molecule has 46 heavy (non-hydrogen) atoms. The number of carbonyl (C=O) groups excluding carboxylic acids is 1. The first-order chi connectivity index (χ1) is 21.5. The van der Waals surface area contributed by atoms with Crippen LogP contribution in [0.3, 0.4) is 0 Å². The third-order valence-electron chi connectivity index (χ3n) is 15.3. The zero-order valence-electron chi connectivity index (χ0n) is 30.0. The lowest BCUT2D eigenvalue weighted by atomic mass is 9.33. The van der Waals surface area contributed by atoms with Crippen LogP contribution in [0, 0.1) is 51.2 Å². The smallest absolute Gasteiger partial charge is 0.335 e. The zero-order valence-corrected chi connectivity index (χ0v) is 30.0. The van der Waals surface area contributed by atoms with E-state index in [0.29, 0.717) is 41.6 Å². The van der Waals surface area contributed by atoms with Crippen molar-refractivity contribution in [2.75, 3.05) is 20.6 Å². The largest absolute Gasteiger partial charge is 0.478 e. The van der Waals surface area contributed by atoms with Crippen LogP contribution in [0.2, 0.25) is 0 Å². The number of nitrogens with zero attached hydrogens (tertiary/aromatic N) is 1. The number of rotatable bonds is 7. The number of hydrogen-bond donors (Lipinski definition) is 2. The molecule has 1 aromatic rings. The van der Waals surface area contributed by atoms with Gasteiger partial charge in [0.25, 0.3) is 0 Å². The molecule has 0 radical (unpaired) electrons. The molecule has 1 aromatic carbocycles. The lowest BCUT2D eigenvalue weighted by Gasteiger charge is -2.72. The van der Waals surface area contributed by atoms with E-state index in [4.69, 9.17) is 0 Å². The van der Waals surface area contributed by atoms with Crippen LogP contribution in [0.5, 0.6) is 0 Å². The monoisotopic (exact) mass is 628 g/mol. The molecule has 5 aliphatic rings. The van der Waals surface area contributed by atoms with Gasteiger partial charge in [-0.05, 0) is 153 Å². The van der Waals surface area contributed by atoms with Crippen molar-refractivity contribution < 1.29 is 14.7 Å². The van der Waals surface area contributed by atoms with Crippen LogP contribution in [-0.4, -0.2) is 48.1 Å². The first-order valence-corrected chi connectivity index (χ1v) is 18.2. The van der Waals surface area contributed by atoms with Gasteiger partial charge in [0.05, 0.1) is 5.56 Å². The number of fused-ring (bicyclic) bond motifs is 7. The molecule has 0 aliphatic heterocycles. The highest BCUT2D eigenvalue weighted by atomic mass is 16.4. The molecular weight excluding hydrogens is 568 g/mol. The quantitative estimate of drug-likeness (QED) is 0.296. The number of carbonyl (C=O) groups is 2. The van der Waals surface area contributed by atoms with Crippen LogP contribution in [0.15, 0.2) is 42.5 Å². The summed E-state index contributed by atoms with van der Waals surface area (Å²) < 4.78 is 0. The summed E-state index contributed by atoms with van der Waals surface area (Å²) in [6.07, 6.45) is 13.7. The van der Waals surface area contributed by atoms with E-state index >= 15 is 0 Å². The van der Waals surface area contributed by atoms with Crippen molar-refractivity contribution in [1.82, 2.24) is 10.2 Å². The molecule has 5 heteroatoms. The molecule has 0 heterocycles. The Labute approximate surface area is 278 Å². The van der Waals surface area contributed by atoms with E-state index < -0.39 is 5.97 Å². The maximum Gasteiger partial charge on any atom is 0.335 e. The van der Waals surface area contributed by atoms with Crippen molar-refractivity contribution in [1.29, 1.82) is 0 Å². The first-order valence-electron chi connectivity index (χ1n) is 18.2. The maximum atomic E-state index is 13.4. The number of aromatic carboxylic acids is 1.